The van der Waals surface area contributed by atoms with Crippen LogP contribution in [-0.2, 0) is 4.79 Å². The Balaban J connectivity index is 1.49. The van der Waals surface area contributed by atoms with Gasteiger partial charge in [0.2, 0.25) is 0 Å². The summed E-state index contributed by atoms with van der Waals surface area (Å²) in [6, 6.07) is 31.8. The van der Waals surface area contributed by atoms with Crippen molar-refractivity contribution in [3.63, 3.8) is 0 Å². The molecule has 1 atom stereocenters. The summed E-state index contributed by atoms with van der Waals surface area (Å²) >= 11 is 0. The molecule has 4 aromatic carbocycles. The predicted octanol–water partition coefficient (Wildman–Crippen LogP) is 7.18. The summed E-state index contributed by atoms with van der Waals surface area (Å²) < 4.78 is 0. The van der Waals surface area contributed by atoms with Crippen molar-refractivity contribution in [2.45, 2.75) is 25.3 Å². The minimum absolute atomic E-state index is 0.0960. The van der Waals surface area contributed by atoms with Crippen LogP contribution in [0.1, 0.15) is 36.4 Å². The van der Waals surface area contributed by atoms with Gasteiger partial charge in [0, 0.05) is 23.2 Å². The van der Waals surface area contributed by atoms with Crippen LogP contribution in [-0.4, -0.2) is 5.78 Å². The molecule has 1 heterocycles. The minimum atomic E-state index is -0.0960. The molecule has 4 aromatic rings. The molecule has 2 heteroatoms. The van der Waals surface area contributed by atoms with Crippen molar-refractivity contribution in [3.8, 4) is 11.1 Å². The minimum Gasteiger partial charge on any atom is -0.373 e. The number of nitrogens with one attached hydrogen (secondary N) is 1. The van der Waals surface area contributed by atoms with E-state index in [4.69, 9.17) is 0 Å². The van der Waals surface area contributed by atoms with Gasteiger partial charge in [0.05, 0.1) is 6.04 Å². The number of hydrogen-bond donors (Lipinski definition) is 1. The Morgan fingerprint density at radius 1 is 0.710 bits per heavy atom. The molecule has 1 aliphatic carbocycles. The third-order valence-corrected chi connectivity index (χ3v) is 6.63. The molecule has 1 aliphatic heterocycles. The maximum Gasteiger partial charge on any atom is 0.161 e. The van der Waals surface area contributed by atoms with Crippen LogP contribution < -0.4 is 5.32 Å². The van der Waals surface area contributed by atoms with E-state index in [-0.39, 0.29) is 11.8 Å². The molecule has 0 bridgehead atoms. The molecule has 0 saturated heterocycles. The standard InChI is InChI=1S/C29H23NO/c31-26-12-6-11-24-27-23-10-5-4-9-21(23)17-18-25(27)30-29(28(24)26)22-15-13-20(14-16-22)19-7-2-1-3-8-19/h1-5,7-10,13-18,29-30H,6,11-12H2. The van der Waals surface area contributed by atoms with Crippen LogP contribution in [0.4, 0.5) is 5.69 Å². The normalized spacial score (nSPS) is 17.8. The number of allylic oxidation sites excluding steroid dienone is 1. The van der Waals surface area contributed by atoms with Gasteiger partial charge < -0.3 is 5.32 Å². The number of anilines is 1. The fourth-order valence-corrected chi connectivity index (χ4v) is 5.15. The zero-order chi connectivity index (χ0) is 20.8. The van der Waals surface area contributed by atoms with Crippen molar-refractivity contribution in [2.75, 3.05) is 5.32 Å². The van der Waals surface area contributed by atoms with E-state index in [0.29, 0.717) is 6.42 Å². The van der Waals surface area contributed by atoms with Gasteiger partial charge in [-0.3, -0.25) is 4.79 Å². The molecule has 0 spiro atoms. The molecule has 31 heavy (non-hydrogen) atoms. The summed E-state index contributed by atoms with van der Waals surface area (Å²) in [6.45, 7) is 0. The van der Waals surface area contributed by atoms with Gasteiger partial charge in [0.25, 0.3) is 0 Å². The summed E-state index contributed by atoms with van der Waals surface area (Å²) in [5, 5.41) is 6.17. The van der Waals surface area contributed by atoms with Crippen LogP contribution in [0.25, 0.3) is 27.5 Å². The van der Waals surface area contributed by atoms with Crippen LogP contribution in [0.3, 0.4) is 0 Å². The Bertz CT molecular complexity index is 1330. The first-order valence-corrected chi connectivity index (χ1v) is 11.0. The average Bonchev–Trinajstić information content (AvgIpc) is 2.84. The van der Waals surface area contributed by atoms with Crippen LogP contribution >= 0.6 is 0 Å². The van der Waals surface area contributed by atoms with E-state index in [2.05, 4.69) is 90.2 Å². The van der Waals surface area contributed by atoms with Gasteiger partial charge in [-0.1, -0.05) is 84.9 Å². The number of rotatable bonds is 2. The topological polar surface area (TPSA) is 29.1 Å². The number of benzene rings is 4. The highest BCUT2D eigenvalue weighted by Crippen LogP contribution is 2.48. The third kappa shape index (κ3) is 2.98. The van der Waals surface area contributed by atoms with Crippen molar-refractivity contribution < 1.29 is 4.79 Å². The lowest BCUT2D eigenvalue weighted by Crippen LogP contribution is -2.27. The third-order valence-electron chi connectivity index (χ3n) is 6.63. The summed E-state index contributed by atoms with van der Waals surface area (Å²) in [4.78, 5) is 13.1. The van der Waals surface area contributed by atoms with E-state index < -0.39 is 0 Å². The molecule has 0 aromatic heterocycles. The SMILES string of the molecule is O=C1CCCC2=C1C(c1ccc(-c3ccccc3)cc1)Nc1ccc3ccccc3c12. The molecule has 0 fully saturated rings. The van der Waals surface area contributed by atoms with Crippen LogP contribution in [0.2, 0.25) is 0 Å². The first-order valence-electron chi connectivity index (χ1n) is 11.0. The molecule has 0 radical (unpaired) electrons. The zero-order valence-corrected chi connectivity index (χ0v) is 17.3. The molecule has 0 amide bonds. The summed E-state index contributed by atoms with van der Waals surface area (Å²) in [5.41, 5.74) is 8.08. The Morgan fingerprint density at radius 3 is 2.29 bits per heavy atom. The van der Waals surface area contributed by atoms with Gasteiger partial charge in [0.1, 0.15) is 0 Å². The van der Waals surface area contributed by atoms with E-state index in [1.54, 1.807) is 0 Å². The second-order valence-corrected chi connectivity index (χ2v) is 8.44. The van der Waals surface area contributed by atoms with Crippen molar-refractivity contribution in [1.82, 2.24) is 0 Å². The Kier molecular flexibility index (Phi) is 4.24. The summed E-state index contributed by atoms with van der Waals surface area (Å²) in [5.74, 6) is 0.282. The molecule has 1 unspecified atom stereocenters. The van der Waals surface area contributed by atoms with E-state index >= 15 is 0 Å². The average molecular weight is 402 g/mol. The molecule has 2 aliphatic rings. The summed E-state index contributed by atoms with van der Waals surface area (Å²) in [7, 11) is 0. The van der Waals surface area contributed by atoms with Gasteiger partial charge in [-0.2, -0.15) is 0 Å². The molecular weight excluding hydrogens is 378 g/mol. The van der Waals surface area contributed by atoms with Crippen LogP contribution in [0, 0.1) is 0 Å². The van der Waals surface area contributed by atoms with Crippen molar-refractivity contribution in [3.05, 3.63) is 108 Å². The van der Waals surface area contributed by atoms with Gasteiger partial charge in [-0.05, 0) is 51.9 Å². The number of fused-ring (bicyclic) bond motifs is 4. The number of ketones is 1. The maximum absolute atomic E-state index is 13.1. The monoisotopic (exact) mass is 401 g/mol. The van der Waals surface area contributed by atoms with E-state index in [0.717, 1.165) is 29.7 Å². The van der Waals surface area contributed by atoms with Gasteiger partial charge in [-0.25, -0.2) is 0 Å². The molecule has 6 rings (SSSR count). The van der Waals surface area contributed by atoms with Crippen molar-refractivity contribution in [1.29, 1.82) is 0 Å². The second kappa shape index (κ2) is 7.24. The smallest absolute Gasteiger partial charge is 0.161 e. The second-order valence-electron chi connectivity index (χ2n) is 8.44. The lowest BCUT2D eigenvalue weighted by Gasteiger charge is -2.35. The lowest BCUT2D eigenvalue weighted by molar-refractivity contribution is -0.116. The number of carbonyl (C=O) groups is 1. The highest BCUT2D eigenvalue weighted by Gasteiger charge is 2.34. The van der Waals surface area contributed by atoms with Crippen molar-refractivity contribution in [2.24, 2.45) is 0 Å². The van der Waals surface area contributed by atoms with Crippen LogP contribution in [0.5, 0.6) is 0 Å². The number of Topliss-reactive ketones (excluding diaryl/α,β-unsaturated/α-hetero) is 1. The largest absolute Gasteiger partial charge is 0.373 e. The summed E-state index contributed by atoms with van der Waals surface area (Å²) in [6.07, 6.45) is 2.53. The fraction of sp³-hybridized carbons (Fsp3) is 0.138. The Labute approximate surface area is 182 Å². The lowest BCUT2D eigenvalue weighted by atomic mass is 9.76. The molecule has 150 valence electrons. The fourth-order valence-electron chi connectivity index (χ4n) is 5.15. The van der Waals surface area contributed by atoms with Gasteiger partial charge in [-0.15, -0.1) is 0 Å². The molecule has 1 N–H and O–H groups in total. The quantitative estimate of drug-likeness (QED) is 0.385. The maximum atomic E-state index is 13.1. The highest BCUT2D eigenvalue weighted by molar-refractivity contribution is 6.12. The van der Waals surface area contributed by atoms with Crippen molar-refractivity contribution >= 4 is 27.8 Å². The van der Waals surface area contributed by atoms with E-state index in [1.165, 1.54) is 33.0 Å². The Morgan fingerprint density at radius 2 is 1.45 bits per heavy atom. The van der Waals surface area contributed by atoms with Crippen LogP contribution in [0.15, 0.2) is 96.6 Å². The Hall–Kier alpha value is -3.65. The molecule has 2 nitrogen and oxygen atoms in total. The number of hydrogen-bond acceptors (Lipinski definition) is 2. The molecule has 0 saturated carbocycles. The predicted molar refractivity (Wildman–Crippen MR) is 128 cm³/mol. The first-order chi connectivity index (χ1) is 15.3. The van der Waals surface area contributed by atoms with Gasteiger partial charge in [0.15, 0.2) is 5.78 Å². The molecular formula is C29H23NO. The highest BCUT2D eigenvalue weighted by atomic mass is 16.1. The first kappa shape index (κ1) is 18.1. The van der Waals surface area contributed by atoms with E-state index in [9.17, 15) is 4.79 Å². The van der Waals surface area contributed by atoms with Gasteiger partial charge >= 0.3 is 0 Å². The number of carbonyl (C=O) groups excluding carboxylic acids is 1. The van der Waals surface area contributed by atoms with E-state index in [1.807, 2.05) is 6.07 Å². The zero-order valence-electron chi connectivity index (χ0n) is 17.3.